The van der Waals surface area contributed by atoms with Gasteiger partial charge in [-0.1, -0.05) is 72.8 Å². The van der Waals surface area contributed by atoms with E-state index in [-0.39, 0.29) is 18.4 Å². The number of carbonyl (C=O) groups excluding carboxylic acids is 2. The Morgan fingerprint density at radius 3 is 2.05 bits per heavy atom. The molecule has 0 spiro atoms. The van der Waals surface area contributed by atoms with Gasteiger partial charge in [0.15, 0.2) is 0 Å². The average molecular weight is 510 g/mol. The molecule has 1 aromatic heterocycles. The second-order valence-corrected chi connectivity index (χ2v) is 9.36. The fraction of sp³-hybridized carbons (Fsp3) is 0.250. The monoisotopic (exact) mass is 509 g/mol. The van der Waals surface area contributed by atoms with Gasteiger partial charge in [-0.3, -0.25) is 9.59 Å². The highest BCUT2D eigenvalue weighted by atomic mass is 16.5. The molecule has 196 valence electrons. The van der Waals surface area contributed by atoms with Crippen LogP contribution in [0.15, 0.2) is 103 Å². The summed E-state index contributed by atoms with van der Waals surface area (Å²) in [5.41, 5.74) is 4.77. The highest BCUT2D eigenvalue weighted by Crippen LogP contribution is 2.20. The van der Waals surface area contributed by atoms with Crippen molar-refractivity contribution in [3.05, 3.63) is 120 Å². The number of ether oxygens (including phenoxy) is 1. The number of methoxy groups -OCH3 is 1. The molecule has 6 heteroatoms. The van der Waals surface area contributed by atoms with Crippen molar-refractivity contribution in [1.82, 2.24) is 14.4 Å². The van der Waals surface area contributed by atoms with Crippen LogP contribution >= 0.6 is 0 Å². The second-order valence-electron chi connectivity index (χ2n) is 9.36. The van der Waals surface area contributed by atoms with Crippen LogP contribution < -0.4 is 0 Å². The van der Waals surface area contributed by atoms with Crippen LogP contribution in [-0.2, 0) is 29.7 Å². The van der Waals surface area contributed by atoms with Crippen molar-refractivity contribution in [2.75, 3.05) is 26.8 Å². The van der Waals surface area contributed by atoms with E-state index in [2.05, 4.69) is 0 Å². The van der Waals surface area contributed by atoms with Gasteiger partial charge < -0.3 is 19.1 Å². The third-order valence-electron chi connectivity index (χ3n) is 6.60. The second kappa shape index (κ2) is 13.4. The highest BCUT2D eigenvalue weighted by Gasteiger charge is 2.23. The summed E-state index contributed by atoms with van der Waals surface area (Å²) >= 11 is 0. The lowest BCUT2D eigenvalue weighted by molar-refractivity contribution is -0.133. The Morgan fingerprint density at radius 2 is 1.42 bits per heavy atom. The molecule has 38 heavy (non-hydrogen) atoms. The Morgan fingerprint density at radius 1 is 0.763 bits per heavy atom. The predicted octanol–water partition coefficient (Wildman–Crippen LogP) is 5.40. The first-order chi connectivity index (χ1) is 18.5. The summed E-state index contributed by atoms with van der Waals surface area (Å²) in [4.78, 5) is 30.7. The number of aromatic nitrogens is 1. The van der Waals surface area contributed by atoms with Gasteiger partial charge in [-0.25, -0.2) is 0 Å². The quantitative estimate of drug-likeness (QED) is 0.240. The first-order valence-corrected chi connectivity index (χ1v) is 12.9. The number of hydrogen-bond acceptors (Lipinski definition) is 3. The molecule has 4 rings (SSSR count). The third kappa shape index (κ3) is 7.20. The van der Waals surface area contributed by atoms with Gasteiger partial charge in [-0.05, 0) is 47.4 Å². The highest BCUT2D eigenvalue weighted by molar-refractivity contribution is 5.97. The summed E-state index contributed by atoms with van der Waals surface area (Å²) < 4.78 is 7.24. The van der Waals surface area contributed by atoms with Gasteiger partial charge >= 0.3 is 0 Å². The maximum atomic E-state index is 13.7. The number of hydrogen-bond donors (Lipinski definition) is 0. The van der Waals surface area contributed by atoms with Gasteiger partial charge in [-0.2, -0.15) is 0 Å². The topological polar surface area (TPSA) is 54.8 Å². The molecule has 0 atom stereocenters. The van der Waals surface area contributed by atoms with Crippen molar-refractivity contribution in [3.63, 3.8) is 0 Å². The van der Waals surface area contributed by atoms with E-state index >= 15 is 0 Å². The van der Waals surface area contributed by atoms with Crippen LogP contribution in [0.5, 0.6) is 0 Å². The SMILES string of the molecule is COCCCN(CC(=O)N(Cc1ccccc1)Cc1cccn1C)C(=O)c1ccc(-c2ccccc2)cc1. The standard InChI is InChI=1S/C32H35N3O3/c1-33-20-9-15-30(33)24-35(23-26-11-5-3-6-12-26)31(36)25-34(21-10-22-38-2)32(37)29-18-16-28(17-19-29)27-13-7-4-8-14-27/h3-9,11-20H,10,21-25H2,1-2H3. The van der Waals surface area contributed by atoms with Crippen molar-refractivity contribution in [2.45, 2.75) is 19.5 Å². The summed E-state index contributed by atoms with van der Waals surface area (Å²) in [7, 11) is 3.61. The molecule has 3 aromatic carbocycles. The number of aryl methyl sites for hydroxylation is 1. The Labute approximate surface area is 225 Å². The zero-order valence-electron chi connectivity index (χ0n) is 22.1. The summed E-state index contributed by atoms with van der Waals surface area (Å²) in [5, 5.41) is 0. The minimum absolute atomic E-state index is 0.000239. The van der Waals surface area contributed by atoms with Gasteiger partial charge in [0.25, 0.3) is 5.91 Å². The van der Waals surface area contributed by atoms with Gasteiger partial charge in [0, 0.05) is 51.3 Å². The molecular weight excluding hydrogens is 474 g/mol. The van der Waals surface area contributed by atoms with Gasteiger partial charge in [-0.15, -0.1) is 0 Å². The molecule has 2 amide bonds. The predicted molar refractivity (Wildman–Crippen MR) is 150 cm³/mol. The van der Waals surface area contributed by atoms with E-state index in [9.17, 15) is 9.59 Å². The first-order valence-electron chi connectivity index (χ1n) is 12.9. The van der Waals surface area contributed by atoms with E-state index in [1.807, 2.05) is 120 Å². The molecule has 0 saturated carbocycles. The lowest BCUT2D eigenvalue weighted by Gasteiger charge is -2.28. The molecule has 0 bridgehead atoms. The van der Waals surface area contributed by atoms with Crippen LogP contribution in [0.4, 0.5) is 0 Å². The fourth-order valence-corrected chi connectivity index (χ4v) is 4.43. The zero-order chi connectivity index (χ0) is 26.7. The van der Waals surface area contributed by atoms with E-state index < -0.39 is 0 Å². The lowest BCUT2D eigenvalue weighted by atomic mass is 10.0. The van der Waals surface area contributed by atoms with Crippen LogP contribution in [0.25, 0.3) is 11.1 Å². The molecule has 0 N–H and O–H groups in total. The summed E-state index contributed by atoms with van der Waals surface area (Å²) in [6.07, 6.45) is 2.62. The van der Waals surface area contributed by atoms with Crippen molar-refractivity contribution >= 4 is 11.8 Å². The van der Waals surface area contributed by atoms with E-state index in [0.717, 1.165) is 22.4 Å². The van der Waals surface area contributed by atoms with Crippen molar-refractivity contribution < 1.29 is 14.3 Å². The summed E-state index contributed by atoms with van der Waals surface area (Å²) in [6, 6.07) is 31.6. The summed E-state index contributed by atoms with van der Waals surface area (Å²) in [6.45, 7) is 1.88. The number of nitrogens with zero attached hydrogens (tertiary/aromatic N) is 3. The van der Waals surface area contributed by atoms with Crippen molar-refractivity contribution in [3.8, 4) is 11.1 Å². The molecule has 1 heterocycles. The fourth-order valence-electron chi connectivity index (χ4n) is 4.43. The number of rotatable bonds is 12. The smallest absolute Gasteiger partial charge is 0.254 e. The van der Waals surface area contributed by atoms with E-state index in [1.54, 1.807) is 12.0 Å². The average Bonchev–Trinajstić information content (AvgIpc) is 3.37. The van der Waals surface area contributed by atoms with E-state index in [1.165, 1.54) is 0 Å². The number of carbonyl (C=O) groups is 2. The molecule has 0 aliphatic rings. The molecule has 0 fully saturated rings. The van der Waals surface area contributed by atoms with Crippen molar-refractivity contribution in [1.29, 1.82) is 0 Å². The molecule has 0 saturated heterocycles. The van der Waals surface area contributed by atoms with Crippen LogP contribution in [0, 0.1) is 0 Å². The van der Waals surface area contributed by atoms with Crippen LogP contribution in [0.2, 0.25) is 0 Å². The molecular formula is C32H35N3O3. The molecule has 0 aliphatic heterocycles. The van der Waals surface area contributed by atoms with Gasteiger partial charge in [0.05, 0.1) is 6.54 Å². The zero-order valence-corrected chi connectivity index (χ0v) is 22.1. The van der Waals surface area contributed by atoms with Crippen LogP contribution in [-0.4, -0.2) is 53.0 Å². The van der Waals surface area contributed by atoms with Crippen molar-refractivity contribution in [2.24, 2.45) is 7.05 Å². The Hall–Kier alpha value is -4.16. The van der Waals surface area contributed by atoms with E-state index in [0.29, 0.717) is 38.2 Å². The Kier molecular flexibility index (Phi) is 9.48. The first kappa shape index (κ1) is 26.9. The molecule has 0 unspecified atom stereocenters. The Bertz CT molecular complexity index is 1300. The van der Waals surface area contributed by atoms with Crippen LogP contribution in [0.1, 0.15) is 28.0 Å². The lowest BCUT2D eigenvalue weighted by Crippen LogP contribution is -2.43. The van der Waals surface area contributed by atoms with E-state index in [4.69, 9.17) is 4.74 Å². The normalized spacial score (nSPS) is 10.8. The third-order valence-corrected chi connectivity index (χ3v) is 6.60. The maximum Gasteiger partial charge on any atom is 0.254 e. The van der Waals surface area contributed by atoms with Crippen LogP contribution in [0.3, 0.4) is 0 Å². The van der Waals surface area contributed by atoms with Gasteiger partial charge in [0.2, 0.25) is 5.91 Å². The molecule has 4 aromatic rings. The molecule has 0 aliphatic carbocycles. The largest absolute Gasteiger partial charge is 0.385 e. The minimum atomic E-state index is -0.160. The molecule has 6 nitrogen and oxygen atoms in total. The maximum absolute atomic E-state index is 13.7. The number of amides is 2. The number of benzene rings is 3. The summed E-state index contributed by atoms with van der Waals surface area (Å²) in [5.74, 6) is -0.255. The Balaban J connectivity index is 1.53. The molecule has 0 radical (unpaired) electrons. The van der Waals surface area contributed by atoms with Gasteiger partial charge in [0.1, 0.15) is 6.54 Å². The minimum Gasteiger partial charge on any atom is -0.385 e.